The highest BCUT2D eigenvalue weighted by Crippen LogP contribution is 2.38. The maximum Gasteiger partial charge on any atom is 0.417 e. The molecular weight excluding hydrogens is 553 g/mol. The van der Waals surface area contributed by atoms with E-state index in [9.17, 15) is 26.4 Å². The largest absolute Gasteiger partial charge is 0.417 e. The van der Waals surface area contributed by atoms with Crippen molar-refractivity contribution in [2.24, 2.45) is 0 Å². The predicted octanol–water partition coefficient (Wildman–Crippen LogP) is 5.73. The number of benzene rings is 3. The normalized spacial score (nSPS) is 15.5. The first-order valence-electron chi connectivity index (χ1n) is 12.3. The third kappa shape index (κ3) is 6.57. The number of halogens is 4. The van der Waals surface area contributed by atoms with E-state index in [4.69, 9.17) is 16.3 Å². The smallest absolute Gasteiger partial charge is 0.381 e. The van der Waals surface area contributed by atoms with Crippen LogP contribution in [0.1, 0.15) is 29.5 Å². The molecule has 6 nitrogen and oxygen atoms in total. The topological polar surface area (TPSA) is 75.7 Å². The van der Waals surface area contributed by atoms with Gasteiger partial charge in [-0.05, 0) is 55.7 Å². The zero-order valence-electron chi connectivity index (χ0n) is 21.2. The van der Waals surface area contributed by atoms with E-state index in [0.717, 1.165) is 23.3 Å². The van der Waals surface area contributed by atoms with Crippen molar-refractivity contribution in [2.75, 3.05) is 30.6 Å². The first-order chi connectivity index (χ1) is 18.4. The van der Waals surface area contributed by atoms with Crippen LogP contribution in [0.5, 0.6) is 0 Å². The fourth-order valence-corrected chi connectivity index (χ4v) is 6.25. The van der Waals surface area contributed by atoms with Gasteiger partial charge in [0.1, 0.15) is 6.54 Å². The first-order valence-corrected chi connectivity index (χ1v) is 14.1. The minimum Gasteiger partial charge on any atom is -0.381 e. The van der Waals surface area contributed by atoms with Gasteiger partial charge in [0.25, 0.3) is 10.0 Å². The van der Waals surface area contributed by atoms with Crippen LogP contribution in [0.3, 0.4) is 0 Å². The summed E-state index contributed by atoms with van der Waals surface area (Å²) in [5.74, 6) is -0.656. The lowest BCUT2D eigenvalue weighted by molar-refractivity contribution is -0.137. The van der Waals surface area contributed by atoms with E-state index in [1.165, 1.54) is 12.1 Å². The van der Waals surface area contributed by atoms with Crippen molar-refractivity contribution in [1.82, 2.24) is 5.32 Å². The number of alkyl halides is 3. The summed E-state index contributed by atoms with van der Waals surface area (Å²) in [6.45, 7) is 2.27. The van der Waals surface area contributed by atoms with Gasteiger partial charge in [-0.3, -0.25) is 9.10 Å². The third-order valence-electron chi connectivity index (χ3n) is 6.90. The summed E-state index contributed by atoms with van der Waals surface area (Å²) in [6, 6.07) is 18.3. The summed E-state index contributed by atoms with van der Waals surface area (Å²) < 4.78 is 74.3. The molecule has 1 N–H and O–H groups in total. The average Bonchev–Trinajstić information content (AvgIpc) is 2.91. The van der Waals surface area contributed by atoms with E-state index in [-0.39, 0.29) is 17.1 Å². The number of carbonyl (C=O) groups is 1. The molecule has 1 saturated heterocycles. The average molecular weight is 581 g/mol. The summed E-state index contributed by atoms with van der Waals surface area (Å²) in [6.07, 6.45) is -3.52. The second kappa shape index (κ2) is 11.6. The summed E-state index contributed by atoms with van der Waals surface area (Å²) >= 11 is 5.77. The molecule has 0 unspecified atom stereocenters. The lowest BCUT2D eigenvalue weighted by atomic mass is 9.74. The molecule has 39 heavy (non-hydrogen) atoms. The minimum absolute atomic E-state index is 0.158. The molecule has 3 aromatic carbocycles. The molecule has 1 fully saturated rings. The number of sulfonamides is 1. The van der Waals surface area contributed by atoms with Crippen LogP contribution in [-0.4, -0.2) is 40.6 Å². The number of hydrogen-bond acceptors (Lipinski definition) is 4. The molecule has 11 heteroatoms. The van der Waals surface area contributed by atoms with Gasteiger partial charge in [0.05, 0.1) is 21.2 Å². The van der Waals surface area contributed by atoms with Crippen LogP contribution in [0.4, 0.5) is 18.9 Å². The molecule has 0 saturated carbocycles. The van der Waals surface area contributed by atoms with Gasteiger partial charge in [-0.2, -0.15) is 13.2 Å². The first kappa shape index (κ1) is 28.9. The third-order valence-corrected chi connectivity index (χ3v) is 9.02. The Morgan fingerprint density at radius 3 is 2.28 bits per heavy atom. The van der Waals surface area contributed by atoms with Crippen molar-refractivity contribution >= 4 is 33.2 Å². The van der Waals surface area contributed by atoms with Crippen molar-refractivity contribution in [2.45, 2.75) is 36.3 Å². The Hall–Kier alpha value is -3.08. The summed E-state index contributed by atoms with van der Waals surface area (Å²) in [4.78, 5) is 13.1. The number of amides is 1. The molecule has 0 atom stereocenters. The van der Waals surface area contributed by atoms with Crippen LogP contribution in [-0.2, 0) is 31.1 Å². The monoisotopic (exact) mass is 580 g/mol. The van der Waals surface area contributed by atoms with Gasteiger partial charge in [0.2, 0.25) is 5.91 Å². The lowest BCUT2D eigenvalue weighted by Crippen LogP contribution is -2.48. The van der Waals surface area contributed by atoms with Crippen LogP contribution in [0.15, 0.2) is 77.7 Å². The Labute approximate surface area is 230 Å². The van der Waals surface area contributed by atoms with E-state index in [0.29, 0.717) is 36.4 Å². The molecular formula is C28H28ClF3N2O4S. The number of rotatable bonds is 8. The van der Waals surface area contributed by atoms with Crippen LogP contribution in [0, 0.1) is 6.92 Å². The lowest BCUT2D eigenvalue weighted by Gasteiger charge is -2.38. The zero-order chi connectivity index (χ0) is 28.3. The zero-order valence-corrected chi connectivity index (χ0v) is 22.7. The van der Waals surface area contributed by atoms with E-state index >= 15 is 0 Å². The number of nitrogens with zero attached hydrogens (tertiary/aromatic N) is 1. The van der Waals surface area contributed by atoms with Crippen molar-refractivity contribution < 1.29 is 31.1 Å². The quantitative estimate of drug-likeness (QED) is 0.369. The number of anilines is 1. The Kier molecular flexibility index (Phi) is 8.58. The molecule has 0 aromatic heterocycles. The van der Waals surface area contributed by atoms with Crippen LogP contribution >= 0.6 is 11.6 Å². The summed E-state index contributed by atoms with van der Waals surface area (Å²) in [5, 5.41) is 2.26. The fraction of sp³-hybridized carbons (Fsp3) is 0.321. The van der Waals surface area contributed by atoms with Crippen LogP contribution < -0.4 is 9.62 Å². The van der Waals surface area contributed by atoms with Crippen molar-refractivity contribution in [1.29, 1.82) is 0 Å². The second-order valence-corrected chi connectivity index (χ2v) is 11.8. The number of ether oxygens (including phenoxy) is 1. The maximum atomic E-state index is 13.6. The number of carbonyl (C=O) groups excluding carboxylic acids is 1. The SMILES string of the molecule is Cc1ccc(S(=O)(=O)N(CC(=O)NCC2(c3ccccc3)CCOCC2)c2ccc(Cl)c(C(F)(F)F)c2)cc1. The Morgan fingerprint density at radius 1 is 1.03 bits per heavy atom. The molecule has 1 heterocycles. The highest BCUT2D eigenvalue weighted by Gasteiger charge is 2.37. The molecule has 0 bridgehead atoms. The number of aryl methyl sites for hydroxylation is 1. The Morgan fingerprint density at radius 2 is 1.67 bits per heavy atom. The molecule has 1 aliphatic heterocycles. The van der Waals surface area contributed by atoms with Crippen molar-refractivity contribution in [3.05, 3.63) is 94.5 Å². The molecule has 0 radical (unpaired) electrons. The standard InChI is InChI=1S/C28H28ClF3N2O4S/c1-20-7-10-23(11-8-20)39(36,37)34(22-9-12-25(29)24(17-22)28(30,31)32)18-26(35)33-19-27(13-15-38-16-14-27)21-5-3-2-4-6-21/h2-12,17H,13-16,18-19H2,1H3,(H,33,35). The highest BCUT2D eigenvalue weighted by atomic mass is 35.5. The maximum absolute atomic E-state index is 13.6. The van der Waals surface area contributed by atoms with Gasteiger partial charge < -0.3 is 10.1 Å². The van der Waals surface area contributed by atoms with Gasteiger partial charge in [-0.1, -0.05) is 59.6 Å². The molecule has 208 valence electrons. The highest BCUT2D eigenvalue weighted by molar-refractivity contribution is 7.92. The Balaban J connectivity index is 1.66. The van der Waals surface area contributed by atoms with E-state index in [2.05, 4.69) is 5.32 Å². The van der Waals surface area contributed by atoms with Gasteiger partial charge in [0, 0.05) is 25.2 Å². The van der Waals surface area contributed by atoms with Crippen LogP contribution in [0.2, 0.25) is 5.02 Å². The summed E-state index contributed by atoms with van der Waals surface area (Å²) in [7, 11) is -4.41. The molecule has 1 aliphatic rings. The van der Waals surface area contributed by atoms with Crippen molar-refractivity contribution in [3.63, 3.8) is 0 Å². The molecule has 1 amide bonds. The van der Waals surface area contributed by atoms with E-state index in [1.807, 2.05) is 30.3 Å². The fourth-order valence-electron chi connectivity index (χ4n) is 4.61. The molecule has 0 spiro atoms. The molecule has 3 aromatic rings. The van der Waals surface area contributed by atoms with Crippen LogP contribution in [0.25, 0.3) is 0 Å². The summed E-state index contributed by atoms with van der Waals surface area (Å²) in [5.41, 5.74) is -0.126. The Bertz CT molecular complexity index is 1410. The number of nitrogens with one attached hydrogen (secondary N) is 1. The van der Waals surface area contributed by atoms with Gasteiger partial charge in [-0.15, -0.1) is 0 Å². The molecule has 4 rings (SSSR count). The molecule has 0 aliphatic carbocycles. The van der Waals surface area contributed by atoms with Gasteiger partial charge >= 0.3 is 6.18 Å². The van der Waals surface area contributed by atoms with Gasteiger partial charge in [-0.25, -0.2) is 8.42 Å². The van der Waals surface area contributed by atoms with Crippen molar-refractivity contribution in [3.8, 4) is 0 Å². The second-order valence-electron chi connectivity index (χ2n) is 9.52. The minimum atomic E-state index is -4.82. The van der Waals surface area contributed by atoms with E-state index < -0.39 is 44.7 Å². The predicted molar refractivity (Wildman–Crippen MR) is 143 cm³/mol. The van der Waals surface area contributed by atoms with Gasteiger partial charge in [0.15, 0.2) is 0 Å². The van der Waals surface area contributed by atoms with E-state index in [1.54, 1.807) is 19.1 Å². The number of hydrogen-bond donors (Lipinski definition) is 1.